The summed E-state index contributed by atoms with van der Waals surface area (Å²) >= 11 is 1.43. The van der Waals surface area contributed by atoms with E-state index in [1.54, 1.807) is 12.3 Å². The molecular weight excluding hydrogens is 708 g/mol. The van der Waals surface area contributed by atoms with Crippen molar-refractivity contribution in [2.45, 2.75) is 116 Å². The number of rotatable bonds is 10. The van der Waals surface area contributed by atoms with E-state index in [4.69, 9.17) is 28.4 Å². The number of amides is 1. The molecule has 2 aromatic rings. The Morgan fingerprint density at radius 1 is 1.00 bits per heavy atom. The molecule has 1 aromatic heterocycles. The van der Waals surface area contributed by atoms with Gasteiger partial charge in [-0.05, 0) is 86.0 Å². The summed E-state index contributed by atoms with van der Waals surface area (Å²) in [4.78, 5) is 80.9. The van der Waals surface area contributed by atoms with E-state index in [1.165, 1.54) is 16.9 Å². The number of aromatic nitrogens is 1. The van der Waals surface area contributed by atoms with Crippen molar-refractivity contribution in [2.24, 2.45) is 23.2 Å². The molecule has 3 aliphatic carbocycles. The van der Waals surface area contributed by atoms with E-state index >= 15 is 0 Å². The lowest BCUT2D eigenvalue weighted by Gasteiger charge is -2.50. The molecule has 1 N–H and O–H groups in total. The number of hydrogen-bond acceptors (Lipinski definition) is 14. The number of fused-ring (bicyclic) bond motifs is 5. The van der Waals surface area contributed by atoms with Gasteiger partial charge in [0, 0.05) is 50.1 Å². The first-order valence-electron chi connectivity index (χ1n) is 18.0. The molecule has 0 radical (unpaired) electrons. The molecule has 0 bridgehead atoms. The van der Waals surface area contributed by atoms with Gasteiger partial charge in [-0.25, -0.2) is 9.78 Å². The summed E-state index contributed by atoms with van der Waals surface area (Å²) in [5.41, 5.74) is 1.81. The molecule has 3 unspecified atom stereocenters. The minimum atomic E-state index is -1.57. The molecule has 14 nitrogen and oxygen atoms in total. The van der Waals surface area contributed by atoms with Crippen LogP contribution in [0.4, 0.5) is 5.13 Å². The first kappa shape index (κ1) is 38.4. The number of methoxy groups -OCH3 is 1. The van der Waals surface area contributed by atoms with Crippen LogP contribution in [0, 0.1) is 30.1 Å². The van der Waals surface area contributed by atoms with Gasteiger partial charge in [-0.1, -0.05) is 13.0 Å². The van der Waals surface area contributed by atoms with E-state index < -0.39 is 60.0 Å². The fourth-order valence-electron chi connectivity index (χ4n) is 9.18. The average molecular weight is 755 g/mol. The molecule has 4 aliphatic rings. The van der Waals surface area contributed by atoms with Crippen molar-refractivity contribution >= 4 is 52.0 Å². The minimum Gasteiger partial charge on any atom is -0.467 e. The highest BCUT2D eigenvalue weighted by atomic mass is 32.1. The second-order valence-electron chi connectivity index (χ2n) is 14.7. The van der Waals surface area contributed by atoms with Crippen molar-refractivity contribution in [2.75, 3.05) is 12.4 Å². The van der Waals surface area contributed by atoms with Crippen molar-refractivity contribution in [1.29, 1.82) is 0 Å². The predicted octanol–water partition coefficient (Wildman–Crippen LogP) is 4.59. The Bertz CT molecular complexity index is 1780. The molecule has 53 heavy (non-hydrogen) atoms. The highest BCUT2D eigenvalue weighted by molar-refractivity contribution is 7.15. The van der Waals surface area contributed by atoms with Gasteiger partial charge in [-0.2, -0.15) is 0 Å². The number of ketones is 1. The highest BCUT2D eigenvalue weighted by Gasteiger charge is 2.59. The fourth-order valence-corrected chi connectivity index (χ4v) is 9.86. The van der Waals surface area contributed by atoms with Gasteiger partial charge in [0.15, 0.2) is 23.4 Å². The number of carbonyl (C=O) groups is 6. The normalized spacial score (nSPS) is 31.6. The maximum atomic E-state index is 13.5. The SMILES string of the molecule is COC(=O)[C@H]1O[C@@H](Oc2ccc3c(c2)CCC2C3CC[C@]3(C)C(=O)C[C@@H](CCC(=O)Nc4ncc(C)s4)C23)[C@H](OC(C)=O)[C@@H](OC(C)=O)[C@@H]1OC(C)=O. The maximum Gasteiger partial charge on any atom is 0.339 e. The van der Waals surface area contributed by atoms with Crippen molar-refractivity contribution in [3.63, 3.8) is 0 Å². The number of benzene rings is 1. The van der Waals surface area contributed by atoms with Crippen molar-refractivity contribution in [1.82, 2.24) is 4.98 Å². The maximum absolute atomic E-state index is 13.5. The monoisotopic (exact) mass is 754 g/mol. The largest absolute Gasteiger partial charge is 0.467 e. The molecule has 2 heterocycles. The number of nitrogens with one attached hydrogen (secondary N) is 1. The van der Waals surface area contributed by atoms with E-state index in [9.17, 15) is 28.8 Å². The number of anilines is 1. The number of aryl methyl sites for hydroxylation is 2. The van der Waals surface area contributed by atoms with Crippen LogP contribution in [0.2, 0.25) is 0 Å². The number of thiazole rings is 1. The van der Waals surface area contributed by atoms with Crippen LogP contribution in [0.25, 0.3) is 0 Å². The lowest BCUT2D eigenvalue weighted by atomic mass is 9.54. The smallest absolute Gasteiger partial charge is 0.339 e. The predicted molar refractivity (Wildman–Crippen MR) is 188 cm³/mol. The third-order valence-electron chi connectivity index (χ3n) is 11.2. The fraction of sp³-hybridized carbons (Fsp3) is 0.605. The first-order chi connectivity index (χ1) is 25.2. The third kappa shape index (κ3) is 7.96. The zero-order valence-electron chi connectivity index (χ0n) is 30.7. The molecule has 1 aromatic carbocycles. The Morgan fingerprint density at radius 3 is 2.36 bits per heavy atom. The van der Waals surface area contributed by atoms with Crippen molar-refractivity contribution < 1.29 is 57.2 Å². The molecule has 1 amide bonds. The van der Waals surface area contributed by atoms with Crippen molar-refractivity contribution in [3.8, 4) is 5.75 Å². The standard InChI is InChI=1S/C38H46N2O12S/c1-18-17-39-37(53-18)40-29(45)12-8-23-16-28(44)38(5)14-13-26-25-11-9-24(15-22(25)7-10-27(26)30(23)38)51-36-34(50-21(4)43)32(49-20(3)42)31(48-19(2)41)33(52-36)35(46)47-6/h9,11,15,17,23,26-27,30-34,36H,7-8,10,12-14,16H2,1-6H3,(H,39,40,45)/t23-,26?,27?,30?,31+,32+,33+,34-,36-,38-/m1/s1. The van der Waals surface area contributed by atoms with E-state index in [2.05, 4.69) is 17.2 Å². The van der Waals surface area contributed by atoms with Gasteiger partial charge in [-0.15, -0.1) is 11.3 Å². The van der Waals surface area contributed by atoms with Gasteiger partial charge >= 0.3 is 23.9 Å². The molecule has 0 spiro atoms. The lowest BCUT2D eigenvalue weighted by Crippen LogP contribution is -2.64. The number of carbonyl (C=O) groups excluding carboxylic acids is 6. The summed E-state index contributed by atoms with van der Waals surface area (Å²) in [5.74, 6) is -1.92. The summed E-state index contributed by atoms with van der Waals surface area (Å²) < 4.78 is 33.4. The van der Waals surface area contributed by atoms with Crippen LogP contribution < -0.4 is 10.1 Å². The minimum absolute atomic E-state index is 0.0915. The molecule has 286 valence electrons. The Hall–Kier alpha value is -4.37. The van der Waals surface area contributed by atoms with Crippen LogP contribution in [0.5, 0.6) is 5.75 Å². The molecule has 3 fully saturated rings. The van der Waals surface area contributed by atoms with Crippen molar-refractivity contribution in [3.05, 3.63) is 40.4 Å². The van der Waals surface area contributed by atoms with Gasteiger partial charge in [0.05, 0.1) is 7.11 Å². The molecule has 10 atom stereocenters. The Kier molecular flexibility index (Phi) is 11.2. The molecule has 6 rings (SSSR count). The van der Waals surface area contributed by atoms with E-state index in [0.717, 1.165) is 64.0 Å². The molecule has 1 aliphatic heterocycles. The first-order valence-corrected chi connectivity index (χ1v) is 18.8. The van der Waals surface area contributed by atoms with Gasteiger partial charge in [0.2, 0.25) is 18.3 Å². The van der Waals surface area contributed by atoms with Crippen LogP contribution >= 0.6 is 11.3 Å². The van der Waals surface area contributed by atoms with Gasteiger partial charge < -0.3 is 33.7 Å². The number of nitrogens with zero attached hydrogens (tertiary/aromatic N) is 1. The Balaban J connectivity index is 1.21. The number of Topliss-reactive ketones (excluding diaryl/α,β-unsaturated/α-hetero) is 1. The highest BCUT2D eigenvalue weighted by Crippen LogP contribution is 2.62. The molecular formula is C38H46N2O12S. The Labute approximate surface area is 311 Å². The summed E-state index contributed by atoms with van der Waals surface area (Å²) in [6, 6.07) is 5.67. The molecule has 1 saturated heterocycles. The average Bonchev–Trinajstić information content (AvgIpc) is 3.62. The topological polar surface area (TPSA) is 183 Å². The molecule has 15 heteroatoms. The zero-order chi connectivity index (χ0) is 38.2. The Morgan fingerprint density at radius 2 is 1.70 bits per heavy atom. The number of hydrogen-bond donors (Lipinski definition) is 1. The van der Waals surface area contributed by atoms with E-state index in [1.807, 2.05) is 19.1 Å². The van der Waals surface area contributed by atoms with Gasteiger partial charge in [0.1, 0.15) is 11.5 Å². The van der Waals surface area contributed by atoms with Crippen LogP contribution in [-0.4, -0.2) is 78.4 Å². The van der Waals surface area contributed by atoms with Crippen LogP contribution in [0.1, 0.15) is 88.1 Å². The summed E-state index contributed by atoms with van der Waals surface area (Å²) in [5, 5.41) is 3.48. The quantitative estimate of drug-likeness (QED) is 0.263. The van der Waals surface area contributed by atoms with Crippen LogP contribution in [-0.2, 0) is 58.9 Å². The van der Waals surface area contributed by atoms with Crippen LogP contribution in [0.3, 0.4) is 0 Å². The van der Waals surface area contributed by atoms with Gasteiger partial charge in [-0.3, -0.25) is 24.0 Å². The zero-order valence-corrected chi connectivity index (χ0v) is 31.5. The van der Waals surface area contributed by atoms with Crippen LogP contribution in [0.15, 0.2) is 24.4 Å². The summed E-state index contributed by atoms with van der Waals surface area (Å²) in [7, 11) is 1.13. The molecule has 2 saturated carbocycles. The second kappa shape index (κ2) is 15.5. The second-order valence-corrected chi connectivity index (χ2v) is 15.9. The summed E-state index contributed by atoms with van der Waals surface area (Å²) in [6.45, 7) is 7.45. The lowest BCUT2D eigenvalue weighted by molar-refractivity contribution is -0.282. The third-order valence-corrected chi connectivity index (χ3v) is 12.1. The number of esters is 4. The van der Waals surface area contributed by atoms with E-state index in [0.29, 0.717) is 35.9 Å². The summed E-state index contributed by atoms with van der Waals surface area (Å²) in [6.07, 6.45) is -1.00. The number of ether oxygens (including phenoxy) is 6. The van der Waals surface area contributed by atoms with Gasteiger partial charge in [0.25, 0.3) is 0 Å². The van der Waals surface area contributed by atoms with E-state index in [-0.39, 0.29) is 29.6 Å².